The number of amides is 1. The van der Waals surface area contributed by atoms with Gasteiger partial charge in [0.2, 0.25) is 11.0 Å². The third-order valence-electron chi connectivity index (χ3n) is 2.47. The van der Waals surface area contributed by atoms with E-state index in [1.54, 1.807) is 0 Å². The Hall–Kier alpha value is -0.970. The third kappa shape index (κ3) is 4.07. The van der Waals surface area contributed by atoms with Gasteiger partial charge in [-0.1, -0.05) is 52.4 Å². The first-order valence-corrected chi connectivity index (χ1v) is 6.81. The van der Waals surface area contributed by atoms with E-state index in [0.29, 0.717) is 5.13 Å². The van der Waals surface area contributed by atoms with E-state index < -0.39 is 0 Å². The molecule has 0 fully saturated rings. The average molecular weight is 255 g/mol. The fourth-order valence-corrected chi connectivity index (χ4v) is 2.17. The molecule has 0 bridgehead atoms. The van der Waals surface area contributed by atoms with Gasteiger partial charge in [-0.15, -0.1) is 10.2 Å². The number of nitrogens with zero attached hydrogens (tertiary/aromatic N) is 2. The summed E-state index contributed by atoms with van der Waals surface area (Å²) in [6, 6.07) is 0. The van der Waals surface area contributed by atoms with Crippen molar-refractivity contribution < 1.29 is 4.79 Å². The molecule has 1 heterocycles. The van der Waals surface area contributed by atoms with E-state index >= 15 is 0 Å². The summed E-state index contributed by atoms with van der Waals surface area (Å²) in [4.78, 5) is 11.8. The molecular weight excluding hydrogens is 234 g/mol. The van der Waals surface area contributed by atoms with E-state index in [1.165, 1.54) is 11.3 Å². The predicted octanol–water partition coefficient (Wildman–Crippen LogP) is 3.21. The van der Waals surface area contributed by atoms with Gasteiger partial charge in [0.05, 0.1) is 0 Å². The van der Waals surface area contributed by atoms with Crippen LogP contribution in [0, 0.1) is 5.92 Å². The van der Waals surface area contributed by atoms with Crippen LogP contribution in [-0.2, 0) is 10.2 Å². The molecule has 0 aromatic carbocycles. The smallest absolute Gasteiger partial charge is 0.229 e. The van der Waals surface area contributed by atoms with Crippen LogP contribution < -0.4 is 5.32 Å². The first-order chi connectivity index (χ1) is 7.84. The van der Waals surface area contributed by atoms with Gasteiger partial charge in [-0.05, 0) is 6.42 Å². The normalized spacial score (nSPS) is 13.5. The largest absolute Gasteiger partial charge is 0.300 e. The summed E-state index contributed by atoms with van der Waals surface area (Å²) in [5.41, 5.74) is -0.0182. The second-order valence-electron chi connectivity index (χ2n) is 5.34. The molecule has 0 spiro atoms. The molecule has 5 heteroatoms. The van der Waals surface area contributed by atoms with E-state index in [-0.39, 0.29) is 17.2 Å². The second kappa shape index (κ2) is 5.58. The van der Waals surface area contributed by atoms with Gasteiger partial charge in [-0.3, -0.25) is 4.79 Å². The fourth-order valence-electron chi connectivity index (χ4n) is 1.37. The molecule has 1 rings (SSSR count). The summed E-state index contributed by atoms with van der Waals surface area (Å²) in [6.07, 6.45) is 1.91. The zero-order valence-electron chi connectivity index (χ0n) is 11.2. The van der Waals surface area contributed by atoms with Crippen LogP contribution >= 0.6 is 11.3 Å². The third-order valence-corrected chi connectivity index (χ3v) is 3.73. The molecule has 96 valence electrons. The second-order valence-corrected chi connectivity index (χ2v) is 6.32. The van der Waals surface area contributed by atoms with Crippen LogP contribution in [0.4, 0.5) is 5.13 Å². The van der Waals surface area contributed by atoms with Crippen LogP contribution in [0.2, 0.25) is 0 Å². The lowest BCUT2D eigenvalue weighted by atomic mass is 9.98. The number of anilines is 1. The number of nitrogens with one attached hydrogen (secondary N) is 1. The maximum absolute atomic E-state index is 11.8. The van der Waals surface area contributed by atoms with Crippen LogP contribution in [0.15, 0.2) is 0 Å². The van der Waals surface area contributed by atoms with Crippen molar-refractivity contribution in [2.24, 2.45) is 5.92 Å². The van der Waals surface area contributed by atoms with Crippen molar-refractivity contribution in [1.29, 1.82) is 0 Å². The number of hydrogen-bond donors (Lipinski definition) is 1. The summed E-state index contributed by atoms with van der Waals surface area (Å²) >= 11 is 1.45. The molecule has 17 heavy (non-hydrogen) atoms. The summed E-state index contributed by atoms with van der Waals surface area (Å²) in [7, 11) is 0. The molecule has 0 radical (unpaired) electrons. The van der Waals surface area contributed by atoms with Crippen molar-refractivity contribution in [3.05, 3.63) is 5.01 Å². The molecule has 1 aromatic heterocycles. The average Bonchev–Trinajstić information content (AvgIpc) is 2.66. The Bertz CT molecular complexity index is 381. The Morgan fingerprint density at radius 3 is 2.53 bits per heavy atom. The first-order valence-electron chi connectivity index (χ1n) is 5.99. The first kappa shape index (κ1) is 14.1. The van der Waals surface area contributed by atoms with Gasteiger partial charge < -0.3 is 5.32 Å². The predicted molar refractivity (Wildman–Crippen MR) is 71.3 cm³/mol. The van der Waals surface area contributed by atoms with E-state index in [4.69, 9.17) is 0 Å². The molecule has 0 aliphatic carbocycles. The van der Waals surface area contributed by atoms with E-state index in [1.807, 2.05) is 6.92 Å². The van der Waals surface area contributed by atoms with Crippen LogP contribution in [0.25, 0.3) is 0 Å². The fraction of sp³-hybridized carbons (Fsp3) is 0.750. The standard InChI is InChI=1S/C12H21N3OS/c1-6-7-8(2)9(16)13-11-15-14-10(17-11)12(3,4)5/h8H,6-7H2,1-5H3,(H,13,15,16)/t8-/m1/s1. The van der Waals surface area contributed by atoms with Crippen LogP contribution in [0.5, 0.6) is 0 Å². The van der Waals surface area contributed by atoms with Gasteiger partial charge in [0.1, 0.15) is 5.01 Å². The number of hydrogen-bond acceptors (Lipinski definition) is 4. The highest BCUT2D eigenvalue weighted by molar-refractivity contribution is 7.15. The van der Waals surface area contributed by atoms with Crippen LogP contribution in [0.3, 0.4) is 0 Å². The molecule has 1 atom stereocenters. The quantitative estimate of drug-likeness (QED) is 0.898. The van der Waals surface area contributed by atoms with Gasteiger partial charge in [-0.2, -0.15) is 0 Å². The molecule has 0 saturated carbocycles. The number of carbonyl (C=O) groups is 1. The van der Waals surface area contributed by atoms with Crippen LogP contribution in [0.1, 0.15) is 52.5 Å². The minimum absolute atomic E-state index is 0.0182. The van der Waals surface area contributed by atoms with Crippen molar-refractivity contribution in [2.45, 2.75) is 52.9 Å². The highest BCUT2D eigenvalue weighted by Gasteiger charge is 2.20. The van der Waals surface area contributed by atoms with Gasteiger partial charge in [0.15, 0.2) is 0 Å². The van der Waals surface area contributed by atoms with E-state index in [2.05, 4.69) is 43.2 Å². The maximum atomic E-state index is 11.8. The summed E-state index contributed by atoms with van der Waals surface area (Å²) in [5.74, 6) is 0.0606. The number of carbonyl (C=O) groups excluding carboxylic acids is 1. The Kier molecular flexibility index (Phi) is 4.62. The topological polar surface area (TPSA) is 54.9 Å². The molecule has 1 aromatic rings. The Morgan fingerprint density at radius 2 is 2.06 bits per heavy atom. The lowest BCUT2D eigenvalue weighted by Gasteiger charge is -2.12. The summed E-state index contributed by atoms with van der Waals surface area (Å²) < 4.78 is 0. The Morgan fingerprint density at radius 1 is 1.41 bits per heavy atom. The van der Waals surface area contributed by atoms with Crippen molar-refractivity contribution >= 4 is 22.4 Å². The minimum atomic E-state index is -0.0182. The van der Waals surface area contributed by atoms with Crippen molar-refractivity contribution in [1.82, 2.24) is 10.2 Å². The Labute approximate surface area is 107 Å². The maximum Gasteiger partial charge on any atom is 0.229 e. The van der Waals surface area contributed by atoms with Gasteiger partial charge in [0.25, 0.3) is 0 Å². The lowest BCUT2D eigenvalue weighted by Crippen LogP contribution is -2.20. The van der Waals surface area contributed by atoms with E-state index in [0.717, 1.165) is 17.8 Å². The highest BCUT2D eigenvalue weighted by Crippen LogP contribution is 2.27. The molecule has 4 nitrogen and oxygen atoms in total. The number of rotatable bonds is 4. The molecule has 0 aliphatic rings. The lowest BCUT2D eigenvalue weighted by molar-refractivity contribution is -0.119. The van der Waals surface area contributed by atoms with E-state index in [9.17, 15) is 4.79 Å². The zero-order valence-corrected chi connectivity index (χ0v) is 12.0. The van der Waals surface area contributed by atoms with Crippen molar-refractivity contribution in [2.75, 3.05) is 5.32 Å². The zero-order chi connectivity index (χ0) is 13.1. The van der Waals surface area contributed by atoms with Crippen LogP contribution in [-0.4, -0.2) is 16.1 Å². The monoisotopic (exact) mass is 255 g/mol. The van der Waals surface area contributed by atoms with Gasteiger partial charge >= 0.3 is 0 Å². The molecule has 0 saturated heterocycles. The summed E-state index contributed by atoms with van der Waals surface area (Å²) in [5, 5.41) is 12.5. The van der Waals surface area contributed by atoms with Crippen molar-refractivity contribution in [3.63, 3.8) is 0 Å². The Balaban J connectivity index is 2.64. The number of aromatic nitrogens is 2. The molecule has 1 amide bonds. The van der Waals surface area contributed by atoms with Gasteiger partial charge in [0, 0.05) is 11.3 Å². The van der Waals surface area contributed by atoms with Crippen molar-refractivity contribution in [3.8, 4) is 0 Å². The SMILES string of the molecule is CCC[C@@H](C)C(=O)Nc1nnc(C(C)(C)C)s1. The summed E-state index contributed by atoms with van der Waals surface area (Å²) in [6.45, 7) is 10.3. The minimum Gasteiger partial charge on any atom is -0.300 e. The molecule has 1 N–H and O–H groups in total. The molecular formula is C12H21N3OS. The van der Waals surface area contributed by atoms with Gasteiger partial charge in [-0.25, -0.2) is 0 Å². The molecule has 0 unspecified atom stereocenters. The highest BCUT2D eigenvalue weighted by atomic mass is 32.1. The molecule has 0 aliphatic heterocycles.